The highest BCUT2D eigenvalue weighted by Gasteiger charge is 2.12. The number of para-hydroxylation sites is 2. The van der Waals surface area contributed by atoms with Crippen LogP contribution in [-0.2, 0) is 6.54 Å². The Hall–Kier alpha value is -2.13. The fourth-order valence-corrected chi connectivity index (χ4v) is 2.70. The summed E-state index contributed by atoms with van der Waals surface area (Å²) in [4.78, 5) is 4.47. The van der Waals surface area contributed by atoms with Gasteiger partial charge in [0.1, 0.15) is 0 Å². The first kappa shape index (κ1) is 13.8. The molecular formula is C18H21N3. The lowest BCUT2D eigenvalue weighted by Gasteiger charge is -2.19. The summed E-state index contributed by atoms with van der Waals surface area (Å²) in [5.41, 5.74) is 6.22. The third-order valence-corrected chi connectivity index (χ3v) is 4.19. The van der Waals surface area contributed by atoms with E-state index in [9.17, 15) is 0 Å². The molecule has 0 spiro atoms. The standard InChI is InChI=1S/C18H21N3/c1-13-8-9-15(10-14(13)2)17(19-3)11-21-12-20-16-6-4-5-7-18(16)21/h4-10,12,17,19H,11H2,1-3H3. The highest BCUT2D eigenvalue weighted by molar-refractivity contribution is 5.74. The van der Waals surface area contributed by atoms with Gasteiger partial charge in [0, 0.05) is 6.54 Å². The number of benzene rings is 2. The number of imidazole rings is 1. The van der Waals surface area contributed by atoms with Gasteiger partial charge in [-0.05, 0) is 49.7 Å². The Bertz CT molecular complexity index is 758. The van der Waals surface area contributed by atoms with Gasteiger partial charge in [0.05, 0.1) is 23.4 Å². The lowest BCUT2D eigenvalue weighted by Crippen LogP contribution is -2.21. The van der Waals surface area contributed by atoms with Crippen molar-refractivity contribution in [2.75, 3.05) is 7.05 Å². The predicted octanol–water partition coefficient (Wildman–Crippen LogP) is 3.61. The summed E-state index contributed by atoms with van der Waals surface area (Å²) in [5.74, 6) is 0. The summed E-state index contributed by atoms with van der Waals surface area (Å²) >= 11 is 0. The van der Waals surface area contributed by atoms with Crippen molar-refractivity contribution in [3.8, 4) is 0 Å². The number of hydrogen-bond donors (Lipinski definition) is 1. The maximum Gasteiger partial charge on any atom is 0.0958 e. The van der Waals surface area contributed by atoms with Crippen LogP contribution >= 0.6 is 0 Å². The van der Waals surface area contributed by atoms with E-state index in [1.807, 2.05) is 19.4 Å². The van der Waals surface area contributed by atoms with Gasteiger partial charge in [0.25, 0.3) is 0 Å². The van der Waals surface area contributed by atoms with E-state index in [0.717, 1.165) is 12.1 Å². The first-order valence-corrected chi connectivity index (χ1v) is 7.33. The highest BCUT2D eigenvalue weighted by atomic mass is 15.1. The molecule has 0 saturated heterocycles. The molecule has 0 aliphatic heterocycles. The van der Waals surface area contributed by atoms with Crippen molar-refractivity contribution < 1.29 is 0 Å². The summed E-state index contributed by atoms with van der Waals surface area (Å²) in [6, 6.07) is 15.2. The molecule has 1 unspecified atom stereocenters. The first-order chi connectivity index (χ1) is 10.2. The van der Waals surface area contributed by atoms with Crippen LogP contribution < -0.4 is 5.32 Å². The van der Waals surface area contributed by atoms with E-state index < -0.39 is 0 Å². The molecule has 3 rings (SSSR count). The van der Waals surface area contributed by atoms with Gasteiger partial charge in [-0.25, -0.2) is 4.98 Å². The molecule has 0 fully saturated rings. The quantitative estimate of drug-likeness (QED) is 0.790. The summed E-state index contributed by atoms with van der Waals surface area (Å²) in [7, 11) is 2.01. The second-order valence-electron chi connectivity index (χ2n) is 5.57. The zero-order chi connectivity index (χ0) is 14.8. The normalized spacial score (nSPS) is 12.7. The van der Waals surface area contributed by atoms with E-state index in [4.69, 9.17) is 0 Å². The molecule has 1 heterocycles. The largest absolute Gasteiger partial charge is 0.329 e. The van der Waals surface area contributed by atoms with Gasteiger partial charge < -0.3 is 9.88 Å². The molecule has 0 radical (unpaired) electrons. The SMILES string of the molecule is CNC(Cn1cnc2ccccc21)c1ccc(C)c(C)c1. The number of rotatable bonds is 4. The van der Waals surface area contributed by atoms with Crippen molar-refractivity contribution in [2.24, 2.45) is 0 Å². The van der Waals surface area contributed by atoms with Crippen molar-refractivity contribution in [2.45, 2.75) is 26.4 Å². The van der Waals surface area contributed by atoms with Crippen LogP contribution in [0.5, 0.6) is 0 Å². The first-order valence-electron chi connectivity index (χ1n) is 7.33. The van der Waals surface area contributed by atoms with E-state index in [2.05, 4.69) is 65.1 Å². The Morgan fingerprint density at radius 1 is 1.10 bits per heavy atom. The fraction of sp³-hybridized carbons (Fsp3) is 0.278. The molecule has 0 saturated carbocycles. The second-order valence-corrected chi connectivity index (χ2v) is 5.57. The Labute approximate surface area is 125 Å². The third-order valence-electron chi connectivity index (χ3n) is 4.19. The van der Waals surface area contributed by atoms with Crippen molar-refractivity contribution in [1.82, 2.24) is 14.9 Å². The molecule has 1 atom stereocenters. The van der Waals surface area contributed by atoms with Crippen LogP contribution in [0.15, 0.2) is 48.8 Å². The predicted molar refractivity (Wildman–Crippen MR) is 87.4 cm³/mol. The minimum atomic E-state index is 0.280. The zero-order valence-electron chi connectivity index (χ0n) is 12.8. The number of nitrogens with one attached hydrogen (secondary N) is 1. The van der Waals surface area contributed by atoms with Crippen LogP contribution in [0.4, 0.5) is 0 Å². The van der Waals surface area contributed by atoms with Gasteiger partial charge in [-0.15, -0.1) is 0 Å². The average Bonchev–Trinajstić information content (AvgIpc) is 2.91. The zero-order valence-corrected chi connectivity index (χ0v) is 12.8. The molecule has 2 aromatic carbocycles. The Morgan fingerprint density at radius 3 is 2.67 bits per heavy atom. The molecular weight excluding hydrogens is 258 g/mol. The average molecular weight is 279 g/mol. The van der Waals surface area contributed by atoms with Crippen molar-refractivity contribution in [1.29, 1.82) is 0 Å². The van der Waals surface area contributed by atoms with Crippen LogP contribution in [0.1, 0.15) is 22.7 Å². The van der Waals surface area contributed by atoms with Crippen LogP contribution in [0.2, 0.25) is 0 Å². The van der Waals surface area contributed by atoms with E-state index >= 15 is 0 Å². The topological polar surface area (TPSA) is 29.9 Å². The van der Waals surface area contributed by atoms with Gasteiger partial charge in [-0.2, -0.15) is 0 Å². The number of aryl methyl sites for hydroxylation is 2. The summed E-state index contributed by atoms with van der Waals surface area (Å²) in [6.07, 6.45) is 1.93. The van der Waals surface area contributed by atoms with Crippen LogP contribution in [-0.4, -0.2) is 16.6 Å². The van der Waals surface area contributed by atoms with Gasteiger partial charge in [0.15, 0.2) is 0 Å². The number of aromatic nitrogens is 2. The second kappa shape index (κ2) is 5.70. The van der Waals surface area contributed by atoms with E-state index in [1.165, 1.54) is 22.2 Å². The molecule has 0 aliphatic carbocycles. The molecule has 3 heteroatoms. The molecule has 21 heavy (non-hydrogen) atoms. The molecule has 0 bridgehead atoms. The lowest BCUT2D eigenvalue weighted by molar-refractivity contribution is 0.508. The smallest absolute Gasteiger partial charge is 0.0958 e. The number of likely N-dealkylation sites (N-methyl/N-ethyl adjacent to an activating group) is 1. The highest BCUT2D eigenvalue weighted by Crippen LogP contribution is 2.21. The molecule has 1 aromatic heterocycles. The number of fused-ring (bicyclic) bond motifs is 1. The molecule has 3 aromatic rings. The van der Waals surface area contributed by atoms with E-state index in [-0.39, 0.29) is 6.04 Å². The molecule has 1 N–H and O–H groups in total. The van der Waals surface area contributed by atoms with Gasteiger partial charge in [0.2, 0.25) is 0 Å². The maximum atomic E-state index is 4.47. The van der Waals surface area contributed by atoms with Gasteiger partial charge in [-0.3, -0.25) is 0 Å². The Kier molecular flexibility index (Phi) is 3.76. The van der Waals surface area contributed by atoms with E-state index in [0.29, 0.717) is 0 Å². The third kappa shape index (κ3) is 2.69. The Morgan fingerprint density at radius 2 is 1.90 bits per heavy atom. The monoisotopic (exact) mass is 279 g/mol. The van der Waals surface area contributed by atoms with Gasteiger partial charge in [-0.1, -0.05) is 30.3 Å². The molecule has 108 valence electrons. The fourth-order valence-electron chi connectivity index (χ4n) is 2.70. The maximum absolute atomic E-state index is 4.47. The van der Waals surface area contributed by atoms with Crippen LogP contribution in [0, 0.1) is 13.8 Å². The Balaban J connectivity index is 1.92. The molecule has 3 nitrogen and oxygen atoms in total. The minimum Gasteiger partial charge on any atom is -0.329 e. The number of hydrogen-bond acceptors (Lipinski definition) is 2. The van der Waals surface area contributed by atoms with Crippen LogP contribution in [0.3, 0.4) is 0 Å². The minimum absolute atomic E-state index is 0.280. The lowest BCUT2D eigenvalue weighted by atomic mass is 10.0. The number of nitrogens with zero attached hydrogens (tertiary/aromatic N) is 2. The van der Waals surface area contributed by atoms with Crippen LogP contribution in [0.25, 0.3) is 11.0 Å². The van der Waals surface area contributed by atoms with Crippen molar-refractivity contribution in [3.63, 3.8) is 0 Å². The summed E-state index contributed by atoms with van der Waals surface area (Å²) in [5, 5.41) is 3.42. The van der Waals surface area contributed by atoms with Gasteiger partial charge >= 0.3 is 0 Å². The molecule has 0 amide bonds. The van der Waals surface area contributed by atoms with Crippen molar-refractivity contribution in [3.05, 3.63) is 65.5 Å². The van der Waals surface area contributed by atoms with E-state index in [1.54, 1.807) is 0 Å². The summed E-state index contributed by atoms with van der Waals surface area (Å²) in [6.45, 7) is 5.19. The summed E-state index contributed by atoms with van der Waals surface area (Å²) < 4.78 is 2.21. The molecule has 0 aliphatic rings. The van der Waals surface area contributed by atoms with Crippen molar-refractivity contribution >= 4 is 11.0 Å².